The molecular weight excluding hydrogens is 553 g/mol. The van der Waals surface area contributed by atoms with Crippen LogP contribution < -0.4 is 9.13 Å². The summed E-state index contributed by atoms with van der Waals surface area (Å²) < 4.78 is 21.4. The normalized spacial score (nSPS) is 17.5. The van der Waals surface area contributed by atoms with E-state index in [1.807, 2.05) is 29.0 Å². The Balaban J connectivity index is 0.00000320. The minimum atomic E-state index is -0.478. The van der Waals surface area contributed by atoms with Crippen LogP contribution in [-0.4, -0.2) is 38.2 Å². The number of hydrogen-bond acceptors (Lipinski definition) is 10. The highest BCUT2D eigenvalue weighted by Crippen LogP contribution is 2.55. The first-order valence-electron chi connectivity index (χ1n) is 10.8. The first kappa shape index (κ1) is 27.4. The molecule has 0 bridgehead atoms. The largest absolute Gasteiger partial charge is 0.465 e. The molecule has 0 spiro atoms. The minimum Gasteiger partial charge on any atom is -0.465 e. The molecule has 0 saturated carbocycles. The summed E-state index contributed by atoms with van der Waals surface area (Å²) in [5, 5.41) is 3.46. The van der Waals surface area contributed by atoms with Crippen LogP contribution in [0, 0.1) is 0 Å². The summed E-state index contributed by atoms with van der Waals surface area (Å²) in [6.07, 6.45) is 3.84. The lowest BCUT2D eigenvalue weighted by molar-refractivity contribution is -0.795. The third kappa shape index (κ3) is 6.08. The molecule has 5 rings (SSSR count). The number of methoxy groups -OCH3 is 1. The number of carbonyl (C=O) groups excluding carboxylic acids is 3. The highest BCUT2D eigenvalue weighted by molar-refractivity contribution is 8.34. The summed E-state index contributed by atoms with van der Waals surface area (Å²) in [5.74, 6) is -1.32. The third-order valence-electron chi connectivity index (χ3n) is 5.30. The van der Waals surface area contributed by atoms with Gasteiger partial charge in [0, 0.05) is 18.2 Å². The maximum Gasteiger partial charge on any atom is 0.345 e. The SMILES string of the molecule is C.COC(=O)C1=CS/C(=C2\SC=C(C(=O)OCCOC(=O)c3ccc4[n+](c3)CC[n+]3ccccc3-4)S2)S1. The first-order chi connectivity index (χ1) is 17.5. The van der Waals surface area contributed by atoms with Crippen LogP contribution in [0.3, 0.4) is 0 Å². The van der Waals surface area contributed by atoms with Crippen LogP contribution in [0.4, 0.5) is 0 Å². The van der Waals surface area contributed by atoms with Crippen molar-refractivity contribution in [1.82, 2.24) is 0 Å². The Morgan fingerprint density at radius 3 is 2.14 bits per heavy atom. The monoisotopic (exact) mass is 576 g/mol. The van der Waals surface area contributed by atoms with Gasteiger partial charge in [-0.1, -0.05) is 54.5 Å². The maximum atomic E-state index is 12.5. The molecular formula is C25H24N2O6S4+2. The number of esters is 3. The van der Waals surface area contributed by atoms with E-state index < -0.39 is 11.9 Å². The van der Waals surface area contributed by atoms with Crippen molar-refractivity contribution in [3.05, 3.63) is 77.4 Å². The van der Waals surface area contributed by atoms with Gasteiger partial charge in [0.15, 0.2) is 12.4 Å². The van der Waals surface area contributed by atoms with Gasteiger partial charge in [-0.3, -0.25) is 0 Å². The van der Waals surface area contributed by atoms with Crippen LogP contribution in [0.25, 0.3) is 11.4 Å². The highest BCUT2D eigenvalue weighted by atomic mass is 32.2. The lowest BCUT2D eigenvalue weighted by Gasteiger charge is -2.10. The number of hydrogen-bond donors (Lipinski definition) is 0. The van der Waals surface area contributed by atoms with Crippen LogP contribution in [0.2, 0.25) is 0 Å². The van der Waals surface area contributed by atoms with Crippen molar-refractivity contribution in [2.24, 2.45) is 0 Å². The molecule has 2 aromatic heterocycles. The summed E-state index contributed by atoms with van der Waals surface area (Å²) in [7, 11) is 1.34. The lowest BCUT2D eigenvalue weighted by atomic mass is 10.1. The topological polar surface area (TPSA) is 86.7 Å². The number of aryl methyl sites for hydroxylation is 2. The van der Waals surface area contributed by atoms with Gasteiger partial charge in [0.1, 0.15) is 28.6 Å². The number of rotatable bonds is 6. The standard InChI is InChI=1S/C24H20N2O6S4.CH4/c1-30-21(28)18-13-33-23(35-18)24-34-14-19(36-24)22(29)32-11-10-31-20(27)15-5-6-17-16-4-2-3-7-25(16)8-9-26(17)12-15;/h2-7,12-14H,8-11H2,1H3;1H4/q+2;/b24-23-;. The second-order valence-corrected chi connectivity index (χ2v) is 11.9. The molecule has 3 aliphatic rings. The number of pyridine rings is 2. The summed E-state index contributed by atoms with van der Waals surface area (Å²) >= 11 is 5.45. The third-order valence-corrected chi connectivity index (χ3v) is 10.5. The number of thioether (sulfide) groups is 4. The number of nitrogens with zero attached hydrogens (tertiary/aromatic N) is 2. The number of carbonyl (C=O) groups is 3. The lowest BCUT2D eigenvalue weighted by Crippen LogP contribution is -2.53. The van der Waals surface area contributed by atoms with E-state index in [0.29, 0.717) is 15.4 Å². The smallest absolute Gasteiger partial charge is 0.345 e. The number of aromatic nitrogens is 2. The van der Waals surface area contributed by atoms with Crippen LogP contribution in [-0.2, 0) is 36.9 Å². The average Bonchev–Trinajstić information content (AvgIpc) is 3.60. The van der Waals surface area contributed by atoms with Crippen molar-refractivity contribution < 1.29 is 37.7 Å². The van der Waals surface area contributed by atoms with E-state index in [9.17, 15) is 14.4 Å². The van der Waals surface area contributed by atoms with Gasteiger partial charge < -0.3 is 14.2 Å². The zero-order valence-corrected chi connectivity index (χ0v) is 22.3. The van der Waals surface area contributed by atoms with Gasteiger partial charge in [-0.25, -0.2) is 14.4 Å². The second-order valence-electron chi connectivity index (χ2n) is 7.52. The van der Waals surface area contributed by atoms with Crippen molar-refractivity contribution in [1.29, 1.82) is 0 Å². The summed E-state index contributed by atoms with van der Waals surface area (Å²) in [6, 6.07) is 9.71. The Labute approximate surface area is 231 Å². The Morgan fingerprint density at radius 1 is 0.811 bits per heavy atom. The zero-order chi connectivity index (χ0) is 25.1. The fourth-order valence-corrected chi connectivity index (χ4v) is 8.25. The molecule has 0 N–H and O–H groups in total. The van der Waals surface area contributed by atoms with Crippen molar-refractivity contribution in [3.63, 3.8) is 0 Å². The quantitative estimate of drug-likeness (QED) is 0.216. The molecule has 37 heavy (non-hydrogen) atoms. The van der Waals surface area contributed by atoms with Crippen LogP contribution >= 0.6 is 47.0 Å². The van der Waals surface area contributed by atoms with Crippen molar-refractivity contribution in [3.8, 4) is 11.4 Å². The summed E-state index contributed by atoms with van der Waals surface area (Å²) in [6.45, 7) is 1.50. The van der Waals surface area contributed by atoms with E-state index in [0.717, 1.165) is 33.0 Å². The Bertz CT molecular complexity index is 1350. The van der Waals surface area contributed by atoms with Crippen LogP contribution in [0.1, 0.15) is 17.8 Å². The number of fused-ring (bicyclic) bond motifs is 3. The van der Waals surface area contributed by atoms with E-state index in [2.05, 4.69) is 10.6 Å². The predicted octanol–water partition coefficient (Wildman–Crippen LogP) is 4.22. The molecule has 192 valence electrons. The van der Waals surface area contributed by atoms with E-state index in [4.69, 9.17) is 14.2 Å². The highest BCUT2D eigenvalue weighted by Gasteiger charge is 2.30. The molecule has 0 unspecified atom stereocenters. The van der Waals surface area contributed by atoms with Crippen molar-refractivity contribution >= 4 is 65.0 Å². The molecule has 3 aliphatic heterocycles. The van der Waals surface area contributed by atoms with Crippen LogP contribution in [0.5, 0.6) is 0 Å². The van der Waals surface area contributed by atoms with E-state index in [1.165, 1.54) is 54.2 Å². The van der Waals surface area contributed by atoms with E-state index >= 15 is 0 Å². The maximum absolute atomic E-state index is 12.5. The zero-order valence-electron chi connectivity index (χ0n) is 19.0. The summed E-state index contributed by atoms with van der Waals surface area (Å²) in [5.41, 5.74) is 2.58. The first-order valence-corrected chi connectivity index (χ1v) is 14.2. The molecule has 0 aromatic carbocycles. The van der Waals surface area contributed by atoms with Gasteiger partial charge in [0.05, 0.1) is 15.6 Å². The minimum absolute atomic E-state index is 0. The molecule has 0 fully saturated rings. The Morgan fingerprint density at radius 2 is 1.43 bits per heavy atom. The molecule has 12 heteroatoms. The van der Waals surface area contributed by atoms with Crippen molar-refractivity contribution in [2.45, 2.75) is 20.5 Å². The Hall–Kier alpha value is -2.67. The van der Waals surface area contributed by atoms with E-state index in [-0.39, 0.29) is 26.6 Å². The average molecular weight is 577 g/mol. The number of ether oxygens (including phenoxy) is 3. The predicted molar refractivity (Wildman–Crippen MR) is 146 cm³/mol. The van der Waals surface area contributed by atoms with Crippen LogP contribution in [0.15, 0.2) is 71.8 Å². The Kier molecular flexibility index (Phi) is 9.06. The van der Waals surface area contributed by atoms with Gasteiger partial charge in [0.25, 0.3) is 11.4 Å². The van der Waals surface area contributed by atoms with E-state index in [1.54, 1.807) is 23.1 Å². The molecule has 8 nitrogen and oxygen atoms in total. The summed E-state index contributed by atoms with van der Waals surface area (Å²) in [4.78, 5) is 37.5. The molecule has 0 aliphatic carbocycles. The molecule has 0 amide bonds. The van der Waals surface area contributed by atoms with Gasteiger partial charge in [-0.05, 0) is 22.9 Å². The van der Waals surface area contributed by atoms with Gasteiger partial charge in [-0.2, -0.15) is 9.13 Å². The van der Waals surface area contributed by atoms with Gasteiger partial charge >= 0.3 is 17.9 Å². The van der Waals surface area contributed by atoms with Gasteiger partial charge in [0.2, 0.25) is 13.1 Å². The van der Waals surface area contributed by atoms with Gasteiger partial charge in [-0.15, -0.1) is 0 Å². The molecule has 5 heterocycles. The fourth-order valence-electron chi connectivity index (χ4n) is 3.60. The molecule has 0 radical (unpaired) electrons. The van der Waals surface area contributed by atoms with Crippen molar-refractivity contribution in [2.75, 3.05) is 20.3 Å². The second kappa shape index (κ2) is 12.2. The molecule has 0 saturated heterocycles. The molecule has 0 atom stereocenters. The fraction of sp³-hybridized carbons (Fsp3) is 0.240. The molecule has 2 aromatic rings.